The van der Waals surface area contributed by atoms with Crippen molar-refractivity contribution in [3.63, 3.8) is 0 Å². The standard InChI is InChI=1S/C9H15NO4S/c1-2-3-4-5-6-8-9(11)7-14-15(12,13)10-8/h8-11H,2-4,7H2,1H3/t8-,9-/m1/s1. The Bertz CT molecular complexity index is 354. The van der Waals surface area contributed by atoms with Gasteiger partial charge in [0.25, 0.3) is 0 Å². The molecule has 1 saturated heterocycles. The fourth-order valence-corrected chi connectivity index (χ4v) is 2.01. The third-order valence-corrected chi connectivity index (χ3v) is 2.95. The zero-order chi connectivity index (χ0) is 11.3. The number of hydrogen-bond donors (Lipinski definition) is 2. The highest BCUT2D eigenvalue weighted by atomic mass is 32.2. The maximum Gasteiger partial charge on any atom is 0.337 e. The first-order chi connectivity index (χ1) is 7.05. The summed E-state index contributed by atoms with van der Waals surface area (Å²) in [6.07, 6.45) is 1.82. The van der Waals surface area contributed by atoms with Crippen LogP contribution in [-0.2, 0) is 14.5 Å². The minimum atomic E-state index is -3.72. The maximum absolute atomic E-state index is 11.0. The van der Waals surface area contributed by atoms with Crippen LogP contribution in [0.3, 0.4) is 0 Å². The number of rotatable bonds is 2. The van der Waals surface area contributed by atoms with E-state index in [2.05, 4.69) is 20.7 Å². The van der Waals surface area contributed by atoms with Crippen molar-refractivity contribution in [1.29, 1.82) is 0 Å². The van der Waals surface area contributed by atoms with Gasteiger partial charge in [-0.15, -0.1) is 5.92 Å². The number of aliphatic hydroxyl groups excluding tert-OH is 1. The van der Waals surface area contributed by atoms with Gasteiger partial charge in [-0.25, -0.2) is 0 Å². The van der Waals surface area contributed by atoms with Crippen LogP contribution in [0.1, 0.15) is 26.2 Å². The van der Waals surface area contributed by atoms with Crippen LogP contribution in [0.25, 0.3) is 0 Å². The number of nitrogens with one attached hydrogen (secondary N) is 1. The van der Waals surface area contributed by atoms with Gasteiger partial charge in [-0.05, 0) is 6.42 Å². The Morgan fingerprint density at radius 3 is 3.00 bits per heavy atom. The van der Waals surface area contributed by atoms with Gasteiger partial charge >= 0.3 is 10.3 Å². The fourth-order valence-electron chi connectivity index (χ4n) is 1.10. The molecule has 86 valence electrons. The molecule has 1 heterocycles. The first kappa shape index (κ1) is 12.5. The Balaban J connectivity index is 2.54. The summed E-state index contributed by atoms with van der Waals surface area (Å²) in [5.41, 5.74) is 0. The van der Waals surface area contributed by atoms with Gasteiger partial charge in [-0.3, -0.25) is 4.18 Å². The SMILES string of the molecule is CCCCC#C[C@H]1NS(=O)(=O)OC[C@H]1O. The van der Waals surface area contributed by atoms with Crippen molar-refractivity contribution in [2.45, 2.75) is 38.3 Å². The van der Waals surface area contributed by atoms with Crippen LogP contribution in [0.4, 0.5) is 0 Å². The smallest absolute Gasteiger partial charge is 0.337 e. The van der Waals surface area contributed by atoms with E-state index in [9.17, 15) is 13.5 Å². The Morgan fingerprint density at radius 1 is 1.60 bits per heavy atom. The summed E-state index contributed by atoms with van der Waals surface area (Å²) in [6.45, 7) is 1.82. The fraction of sp³-hybridized carbons (Fsp3) is 0.778. The number of aliphatic hydroxyl groups is 1. The summed E-state index contributed by atoms with van der Waals surface area (Å²) >= 11 is 0. The van der Waals surface area contributed by atoms with Gasteiger partial charge < -0.3 is 5.11 Å². The highest BCUT2D eigenvalue weighted by Crippen LogP contribution is 2.06. The highest BCUT2D eigenvalue weighted by Gasteiger charge is 2.30. The third kappa shape index (κ3) is 4.18. The summed E-state index contributed by atoms with van der Waals surface area (Å²) in [5.74, 6) is 5.52. The molecule has 0 amide bonds. The molecule has 0 radical (unpaired) electrons. The van der Waals surface area contributed by atoms with Gasteiger partial charge in [0.1, 0.15) is 12.1 Å². The van der Waals surface area contributed by atoms with E-state index >= 15 is 0 Å². The summed E-state index contributed by atoms with van der Waals surface area (Å²) in [5, 5.41) is 9.40. The quantitative estimate of drug-likeness (QED) is 0.510. The molecule has 0 aromatic heterocycles. The molecule has 0 bridgehead atoms. The summed E-state index contributed by atoms with van der Waals surface area (Å²) in [4.78, 5) is 0. The van der Waals surface area contributed by atoms with E-state index in [-0.39, 0.29) is 6.61 Å². The summed E-state index contributed by atoms with van der Waals surface area (Å²) in [7, 11) is -3.72. The van der Waals surface area contributed by atoms with Crippen molar-refractivity contribution in [2.24, 2.45) is 0 Å². The van der Waals surface area contributed by atoms with Crippen molar-refractivity contribution in [2.75, 3.05) is 6.61 Å². The first-order valence-electron chi connectivity index (χ1n) is 4.88. The van der Waals surface area contributed by atoms with E-state index in [4.69, 9.17) is 0 Å². The molecule has 1 aliphatic heterocycles. The van der Waals surface area contributed by atoms with Crippen molar-refractivity contribution in [3.8, 4) is 11.8 Å². The monoisotopic (exact) mass is 233 g/mol. The molecule has 0 unspecified atom stereocenters. The first-order valence-corrected chi connectivity index (χ1v) is 6.29. The number of hydrogen-bond acceptors (Lipinski definition) is 4. The number of unbranched alkanes of at least 4 members (excludes halogenated alkanes) is 2. The van der Waals surface area contributed by atoms with E-state index in [0.717, 1.165) is 12.8 Å². The molecule has 0 saturated carbocycles. The molecule has 1 aliphatic rings. The normalized spacial score (nSPS) is 29.2. The van der Waals surface area contributed by atoms with Gasteiger partial charge in [0.2, 0.25) is 0 Å². The lowest BCUT2D eigenvalue weighted by Gasteiger charge is -2.24. The lowest BCUT2D eigenvalue weighted by atomic mass is 10.2. The van der Waals surface area contributed by atoms with Gasteiger partial charge in [-0.2, -0.15) is 13.1 Å². The zero-order valence-corrected chi connectivity index (χ0v) is 9.38. The topological polar surface area (TPSA) is 75.6 Å². The summed E-state index contributed by atoms with van der Waals surface area (Å²) < 4.78 is 28.5. The molecule has 2 atom stereocenters. The van der Waals surface area contributed by atoms with Crippen LogP contribution in [0, 0.1) is 11.8 Å². The van der Waals surface area contributed by atoms with E-state index in [1.165, 1.54) is 0 Å². The maximum atomic E-state index is 11.0. The Kier molecular flexibility index (Phi) is 4.54. The molecule has 0 aromatic carbocycles. The summed E-state index contributed by atoms with van der Waals surface area (Å²) in [6, 6.07) is -0.749. The van der Waals surface area contributed by atoms with Crippen LogP contribution in [0.5, 0.6) is 0 Å². The van der Waals surface area contributed by atoms with Crippen LogP contribution in [-0.4, -0.2) is 32.3 Å². The molecule has 0 spiro atoms. The van der Waals surface area contributed by atoms with E-state index < -0.39 is 22.4 Å². The second-order valence-corrected chi connectivity index (χ2v) is 4.71. The minimum Gasteiger partial charge on any atom is -0.388 e. The Hall–Kier alpha value is -0.610. The predicted molar refractivity (Wildman–Crippen MR) is 55.1 cm³/mol. The Morgan fingerprint density at radius 2 is 2.33 bits per heavy atom. The average molecular weight is 233 g/mol. The van der Waals surface area contributed by atoms with E-state index in [1.807, 2.05) is 6.92 Å². The van der Waals surface area contributed by atoms with Gasteiger partial charge in [0.15, 0.2) is 0 Å². The van der Waals surface area contributed by atoms with E-state index in [1.54, 1.807) is 0 Å². The van der Waals surface area contributed by atoms with Crippen LogP contribution >= 0.6 is 0 Å². The molecule has 2 N–H and O–H groups in total. The molecule has 0 aromatic rings. The average Bonchev–Trinajstić information content (AvgIpc) is 2.18. The largest absolute Gasteiger partial charge is 0.388 e. The molecule has 0 aliphatic carbocycles. The van der Waals surface area contributed by atoms with Gasteiger partial charge in [-0.1, -0.05) is 19.3 Å². The van der Waals surface area contributed by atoms with Crippen LogP contribution in [0.2, 0.25) is 0 Å². The van der Waals surface area contributed by atoms with Crippen molar-refractivity contribution in [3.05, 3.63) is 0 Å². The molecule has 6 heteroatoms. The molecule has 1 rings (SSSR count). The molecule has 1 fully saturated rings. The predicted octanol–water partition coefficient (Wildman–Crippen LogP) is -0.226. The van der Waals surface area contributed by atoms with Gasteiger partial charge in [0.05, 0.1) is 6.61 Å². The highest BCUT2D eigenvalue weighted by molar-refractivity contribution is 7.84. The molecule has 5 nitrogen and oxygen atoms in total. The second kappa shape index (κ2) is 5.47. The third-order valence-electron chi connectivity index (χ3n) is 1.96. The van der Waals surface area contributed by atoms with Crippen molar-refractivity contribution in [1.82, 2.24) is 4.72 Å². The lowest BCUT2D eigenvalue weighted by Crippen LogP contribution is -2.50. The van der Waals surface area contributed by atoms with Crippen molar-refractivity contribution < 1.29 is 17.7 Å². The molecular weight excluding hydrogens is 218 g/mol. The van der Waals surface area contributed by atoms with Crippen LogP contribution < -0.4 is 4.72 Å². The minimum absolute atomic E-state index is 0.234. The zero-order valence-electron chi connectivity index (χ0n) is 8.56. The lowest BCUT2D eigenvalue weighted by molar-refractivity contribution is 0.0788. The van der Waals surface area contributed by atoms with Crippen molar-refractivity contribution >= 4 is 10.3 Å². The van der Waals surface area contributed by atoms with Crippen LogP contribution in [0.15, 0.2) is 0 Å². The van der Waals surface area contributed by atoms with E-state index in [0.29, 0.717) is 6.42 Å². The molecular formula is C9H15NO4S. The molecule has 15 heavy (non-hydrogen) atoms. The second-order valence-electron chi connectivity index (χ2n) is 3.33. The van der Waals surface area contributed by atoms with Gasteiger partial charge in [0, 0.05) is 6.42 Å². The Labute approximate surface area is 90.1 Å².